The molecule has 7 heteroatoms. The van der Waals surface area contributed by atoms with Crippen molar-refractivity contribution in [2.75, 3.05) is 63.8 Å². The molecule has 30 heavy (non-hydrogen) atoms. The van der Waals surface area contributed by atoms with Crippen molar-refractivity contribution >= 4 is 23.2 Å². The predicted octanol–water partition coefficient (Wildman–Crippen LogP) is 2.95. The SMILES string of the molecule is O=C(CN1CCN(Cc2ccc(Cl)cc2)CC1)N1CCN(c2ccc(F)cc2)CC1. The first-order valence-corrected chi connectivity index (χ1v) is 10.9. The minimum absolute atomic E-state index is 0.208. The number of anilines is 1. The van der Waals surface area contributed by atoms with E-state index in [0.717, 1.165) is 56.5 Å². The summed E-state index contributed by atoms with van der Waals surface area (Å²) in [6.45, 7) is 8.17. The summed E-state index contributed by atoms with van der Waals surface area (Å²) in [7, 11) is 0. The van der Waals surface area contributed by atoms with Crippen LogP contribution in [0.4, 0.5) is 10.1 Å². The van der Waals surface area contributed by atoms with Crippen LogP contribution in [0.15, 0.2) is 48.5 Å². The van der Waals surface area contributed by atoms with E-state index in [1.54, 1.807) is 12.1 Å². The van der Waals surface area contributed by atoms with Crippen molar-refractivity contribution in [3.63, 3.8) is 0 Å². The zero-order chi connectivity index (χ0) is 20.9. The van der Waals surface area contributed by atoms with Gasteiger partial charge < -0.3 is 9.80 Å². The summed E-state index contributed by atoms with van der Waals surface area (Å²) in [5, 5.41) is 0.764. The molecule has 5 nitrogen and oxygen atoms in total. The molecule has 2 heterocycles. The molecule has 4 rings (SSSR count). The third-order valence-corrected chi connectivity index (χ3v) is 6.22. The highest BCUT2D eigenvalue weighted by molar-refractivity contribution is 6.30. The Morgan fingerprint density at radius 2 is 1.40 bits per heavy atom. The molecule has 0 atom stereocenters. The molecule has 2 fully saturated rings. The number of hydrogen-bond acceptors (Lipinski definition) is 4. The van der Waals surface area contributed by atoms with Crippen molar-refractivity contribution in [1.82, 2.24) is 14.7 Å². The predicted molar refractivity (Wildman–Crippen MR) is 118 cm³/mol. The van der Waals surface area contributed by atoms with E-state index in [4.69, 9.17) is 11.6 Å². The number of benzene rings is 2. The van der Waals surface area contributed by atoms with E-state index < -0.39 is 0 Å². The smallest absolute Gasteiger partial charge is 0.236 e. The zero-order valence-electron chi connectivity index (χ0n) is 17.1. The van der Waals surface area contributed by atoms with Crippen LogP contribution < -0.4 is 4.90 Å². The number of carbonyl (C=O) groups is 1. The van der Waals surface area contributed by atoms with Gasteiger partial charge in [0.2, 0.25) is 5.91 Å². The third kappa shape index (κ3) is 5.50. The summed E-state index contributed by atoms with van der Waals surface area (Å²) < 4.78 is 13.1. The Morgan fingerprint density at radius 3 is 2.03 bits per heavy atom. The summed E-state index contributed by atoms with van der Waals surface area (Å²) in [5.74, 6) is -0.0132. The first-order valence-electron chi connectivity index (χ1n) is 10.5. The number of amides is 1. The van der Waals surface area contributed by atoms with E-state index in [1.165, 1.54) is 17.7 Å². The molecule has 0 N–H and O–H groups in total. The van der Waals surface area contributed by atoms with Gasteiger partial charge in [-0.25, -0.2) is 4.39 Å². The molecule has 2 aliphatic rings. The average molecular weight is 431 g/mol. The lowest BCUT2D eigenvalue weighted by molar-refractivity contribution is -0.133. The molecule has 0 aromatic heterocycles. The number of hydrogen-bond donors (Lipinski definition) is 0. The zero-order valence-corrected chi connectivity index (χ0v) is 17.9. The second-order valence-electron chi connectivity index (χ2n) is 8.02. The van der Waals surface area contributed by atoms with Crippen LogP contribution in [0.3, 0.4) is 0 Å². The van der Waals surface area contributed by atoms with E-state index in [0.29, 0.717) is 19.6 Å². The van der Waals surface area contributed by atoms with E-state index >= 15 is 0 Å². The van der Waals surface area contributed by atoms with Crippen molar-refractivity contribution in [2.24, 2.45) is 0 Å². The lowest BCUT2D eigenvalue weighted by Crippen LogP contribution is -2.53. The van der Waals surface area contributed by atoms with Crippen molar-refractivity contribution in [1.29, 1.82) is 0 Å². The molecule has 2 aliphatic heterocycles. The highest BCUT2D eigenvalue weighted by atomic mass is 35.5. The summed E-state index contributed by atoms with van der Waals surface area (Å²) in [6, 6.07) is 14.6. The maximum atomic E-state index is 13.1. The fourth-order valence-electron chi connectivity index (χ4n) is 4.11. The molecular weight excluding hydrogens is 403 g/mol. The van der Waals surface area contributed by atoms with Crippen LogP contribution >= 0.6 is 11.6 Å². The maximum Gasteiger partial charge on any atom is 0.236 e. The van der Waals surface area contributed by atoms with Crippen molar-refractivity contribution in [2.45, 2.75) is 6.54 Å². The lowest BCUT2D eigenvalue weighted by Gasteiger charge is -2.38. The van der Waals surface area contributed by atoms with Crippen LogP contribution in [0, 0.1) is 5.82 Å². The Morgan fingerprint density at radius 1 is 0.800 bits per heavy atom. The van der Waals surface area contributed by atoms with Gasteiger partial charge in [-0.1, -0.05) is 23.7 Å². The third-order valence-electron chi connectivity index (χ3n) is 5.97. The second kappa shape index (κ2) is 9.77. The van der Waals surface area contributed by atoms with Crippen LogP contribution in [-0.4, -0.2) is 79.5 Å². The van der Waals surface area contributed by atoms with E-state index in [2.05, 4.69) is 26.8 Å². The molecule has 160 valence electrons. The summed E-state index contributed by atoms with van der Waals surface area (Å²) >= 11 is 5.96. The maximum absolute atomic E-state index is 13.1. The van der Waals surface area contributed by atoms with Gasteiger partial charge in [0.25, 0.3) is 0 Å². The second-order valence-corrected chi connectivity index (χ2v) is 8.46. The Hall–Kier alpha value is -2.15. The van der Waals surface area contributed by atoms with Crippen LogP contribution in [0.5, 0.6) is 0 Å². The van der Waals surface area contributed by atoms with Gasteiger partial charge in [0.15, 0.2) is 0 Å². The van der Waals surface area contributed by atoms with E-state index in [1.807, 2.05) is 17.0 Å². The molecule has 0 radical (unpaired) electrons. The number of nitrogens with zero attached hydrogens (tertiary/aromatic N) is 4. The van der Waals surface area contributed by atoms with Crippen LogP contribution in [0.25, 0.3) is 0 Å². The van der Waals surface area contributed by atoms with Crippen molar-refractivity contribution in [3.05, 3.63) is 64.9 Å². The summed E-state index contributed by atoms with van der Waals surface area (Å²) in [6.07, 6.45) is 0. The molecule has 0 aliphatic carbocycles. The van der Waals surface area contributed by atoms with E-state index in [-0.39, 0.29) is 11.7 Å². The summed E-state index contributed by atoms with van der Waals surface area (Å²) in [4.78, 5) is 21.6. The average Bonchev–Trinajstić information content (AvgIpc) is 2.77. The van der Waals surface area contributed by atoms with Gasteiger partial charge in [-0.15, -0.1) is 0 Å². The number of piperazine rings is 2. The molecular formula is C23H28ClFN4O. The van der Waals surface area contributed by atoms with Crippen molar-refractivity contribution < 1.29 is 9.18 Å². The fourth-order valence-corrected chi connectivity index (χ4v) is 4.24. The lowest BCUT2D eigenvalue weighted by atomic mass is 10.2. The molecule has 0 bridgehead atoms. The van der Waals surface area contributed by atoms with Gasteiger partial charge in [-0.3, -0.25) is 14.6 Å². The van der Waals surface area contributed by atoms with Crippen LogP contribution in [0.1, 0.15) is 5.56 Å². The van der Waals surface area contributed by atoms with Crippen LogP contribution in [-0.2, 0) is 11.3 Å². The molecule has 2 aromatic carbocycles. The van der Waals surface area contributed by atoms with Gasteiger partial charge in [0, 0.05) is 69.6 Å². The topological polar surface area (TPSA) is 30.0 Å². The molecule has 0 saturated carbocycles. The van der Waals surface area contributed by atoms with Gasteiger partial charge in [0.1, 0.15) is 5.82 Å². The number of carbonyl (C=O) groups excluding carboxylic acids is 1. The highest BCUT2D eigenvalue weighted by Gasteiger charge is 2.25. The van der Waals surface area contributed by atoms with Crippen molar-refractivity contribution in [3.8, 4) is 0 Å². The standard InChI is InChI=1S/C23H28ClFN4O/c24-20-3-1-19(2-4-20)17-26-9-11-27(12-10-26)18-23(30)29-15-13-28(14-16-29)22-7-5-21(25)6-8-22/h1-8H,9-18H2. The molecule has 2 aromatic rings. The van der Waals surface area contributed by atoms with Crippen LogP contribution in [0.2, 0.25) is 5.02 Å². The Labute approximate surface area is 182 Å². The fraction of sp³-hybridized carbons (Fsp3) is 0.435. The summed E-state index contributed by atoms with van der Waals surface area (Å²) in [5.41, 5.74) is 2.28. The minimum atomic E-state index is -0.221. The first kappa shape index (κ1) is 21.1. The molecule has 2 saturated heterocycles. The molecule has 0 unspecified atom stereocenters. The highest BCUT2D eigenvalue weighted by Crippen LogP contribution is 2.17. The molecule has 1 amide bonds. The van der Waals surface area contributed by atoms with Gasteiger partial charge in [-0.05, 0) is 42.0 Å². The first-order chi connectivity index (χ1) is 14.6. The largest absolute Gasteiger partial charge is 0.368 e. The normalized spacial score (nSPS) is 18.6. The quantitative estimate of drug-likeness (QED) is 0.729. The van der Waals surface area contributed by atoms with Gasteiger partial charge in [0.05, 0.1) is 6.54 Å². The number of rotatable bonds is 5. The van der Waals surface area contributed by atoms with Gasteiger partial charge in [-0.2, -0.15) is 0 Å². The number of halogens is 2. The Kier molecular flexibility index (Phi) is 6.87. The Balaban J connectivity index is 1.19. The Bertz CT molecular complexity index is 829. The molecule has 0 spiro atoms. The monoisotopic (exact) mass is 430 g/mol. The van der Waals surface area contributed by atoms with E-state index in [9.17, 15) is 9.18 Å². The van der Waals surface area contributed by atoms with Gasteiger partial charge >= 0.3 is 0 Å². The minimum Gasteiger partial charge on any atom is -0.368 e.